The van der Waals surface area contributed by atoms with Crippen LogP contribution in [-0.2, 0) is 19.6 Å². The molecule has 0 aliphatic heterocycles. The van der Waals surface area contributed by atoms with Crippen LogP contribution >= 0.6 is 0 Å². The number of ether oxygens (including phenoxy) is 1. The van der Waals surface area contributed by atoms with Crippen molar-refractivity contribution in [3.8, 4) is 0 Å². The number of hydrogen-bond acceptors (Lipinski definition) is 3. The minimum Gasteiger partial charge on any atom is -0.405 e. The lowest BCUT2D eigenvalue weighted by Crippen LogP contribution is -2.67. The highest BCUT2D eigenvalue weighted by molar-refractivity contribution is 6.99. The van der Waals surface area contributed by atoms with E-state index in [1.807, 2.05) is 60.7 Å². The van der Waals surface area contributed by atoms with Gasteiger partial charge in [-0.25, -0.2) is 0 Å². The lowest BCUT2D eigenvalue weighted by atomic mass is 9.91. The van der Waals surface area contributed by atoms with Gasteiger partial charge in [-0.3, -0.25) is 4.79 Å². The van der Waals surface area contributed by atoms with Crippen LogP contribution in [0.15, 0.2) is 103 Å². The van der Waals surface area contributed by atoms with E-state index in [0.717, 1.165) is 17.5 Å². The first-order valence-electron chi connectivity index (χ1n) is 12.8. The van der Waals surface area contributed by atoms with Crippen molar-refractivity contribution >= 4 is 24.6 Å². The zero-order chi connectivity index (χ0) is 28.7. The summed E-state index contributed by atoms with van der Waals surface area (Å²) in [6, 6.07) is 25.9. The monoisotopic (exact) mass is 555 g/mol. The van der Waals surface area contributed by atoms with Crippen LogP contribution in [0.5, 0.6) is 0 Å². The largest absolute Gasteiger partial charge is 0.430 e. The maximum Gasteiger partial charge on any atom is 0.430 e. The first-order valence-corrected chi connectivity index (χ1v) is 14.7. The van der Waals surface area contributed by atoms with Gasteiger partial charge >= 0.3 is 6.18 Å². The Morgan fingerprint density at radius 1 is 0.872 bits per heavy atom. The third-order valence-corrected chi connectivity index (χ3v) is 11.8. The molecule has 0 bridgehead atoms. The van der Waals surface area contributed by atoms with Crippen molar-refractivity contribution < 1.29 is 27.1 Å². The Labute approximate surface area is 230 Å². The van der Waals surface area contributed by atoms with E-state index in [2.05, 4.69) is 26.1 Å². The van der Waals surface area contributed by atoms with Crippen LogP contribution in [-0.4, -0.2) is 40.2 Å². The highest BCUT2D eigenvalue weighted by atomic mass is 28.4. The predicted molar refractivity (Wildman–Crippen MR) is 152 cm³/mol. The fourth-order valence-corrected chi connectivity index (χ4v) is 9.63. The molecule has 3 aromatic rings. The van der Waals surface area contributed by atoms with Crippen LogP contribution in [0.25, 0.3) is 0 Å². The van der Waals surface area contributed by atoms with Crippen molar-refractivity contribution in [3.05, 3.63) is 109 Å². The number of hydrogen-bond donors (Lipinski definition) is 1. The second-order valence-electron chi connectivity index (χ2n) is 10.3. The van der Waals surface area contributed by atoms with E-state index in [0.29, 0.717) is 0 Å². The minimum atomic E-state index is -5.01. The Hall–Kier alpha value is -3.20. The average molecular weight is 556 g/mol. The van der Waals surface area contributed by atoms with E-state index < -0.39 is 32.0 Å². The highest BCUT2D eigenvalue weighted by Crippen LogP contribution is 2.42. The lowest BCUT2D eigenvalue weighted by Gasteiger charge is -2.43. The molecule has 0 radical (unpaired) electrons. The number of alkyl halides is 3. The zero-order valence-electron chi connectivity index (χ0n) is 23.0. The van der Waals surface area contributed by atoms with Gasteiger partial charge in [0.2, 0.25) is 0 Å². The van der Waals surface area contributed by atoms with Crippen molar-refractivity contribution in [2.45, 2.75) is 50.6 Å². The molecule has 0 aliphatic carbocycles. The van der Waals surface area contributed by atoms with Crippen molar-refractivity contribution in [1.29, 1.82) is 0 Å². The Morgan fingerprint density at radius 2 is 1.33 bits per heavy atom. The number of rotatable bonds is 10. The number of benzene rings is 3. The van der Waals surface area contributed by atoms with Gasteiger partial charge in [0.1, 0.15) is 0 Å². The van der Waals surface area contributed by atoms with Gasteiger partial charge in [-0.05, 0) is 22.3 Å². The highest BCUT2D eigenvalue weighted by Gasteiger charge is 2.63. The molecule has 0 saturated heterocycles. The normalized spacial score (nSPS) is 15.1. The number of carbonyl (C=O) groups excluding carboxylic acids is 1. The molecule has 0 unspecified atom stereocenters. The molecule has 3 aromatic carbocycles. The van der Waals surface area contributed by atoms with E-state index in [1.54, 1.807) is 25.1 Å². The van der Waals surface area contributed by atoms with Crippen LogP contribution < -0.4 is 15.7 Å². The van der Waals surface area contributed by atoms with E-state index in [-0.39, 0.29) is 17.2 Å². The molecular formula is C31H36F3NO3Si. The molecule has 1 amide bonds. The molecule has 0 aliphatic rings. The molecule has 39 heavy (non-hydrogen) atoms. The molecule has 3 rings (SSSR count). The number of amides is 1. The molecule has 0 aromatic heterocycles. The first-order chi connectivity index (χ1) is 18.4. The first kappa shape index (κ1) is 30.3. The third-order valence-electron chi connectivity index (χ3n) is 6.84. The Bertz CT molecular complexity index is 1190. The molecule has 0 fully saturated rings. The molecule has 0 heterocycles. The van der Waals surface area contributed by atoms with Gasteiger partial charge in [0, 0.05) is 12.7 Å². The van der Waals surface area contributed by atoms with E-state index in [1.165, 1.54) is 24.3 Å². The summed E-state index contributed by atoms with van der Waals surface area (Å²) in [6.07, 6.45) is -1.69. The minimum absolute atomic E-state index is 0.0319. The standard InChI is InChI=1S/C31H36F3NO3Si/c1-6-16-25(35-28(36)30(37-5,31(32,33)34)24-17-10-7-11-18-24)23-38-39(29(2,3)4,26-19-12-8-13-20-26)27-21-14-9-15-22-27/h6-22,25H,23H2,1-5H3,(H,35,36)/b16-6+/t25-,30-/m0/s1. The molecular weight excluding hydrogens is 519 g/mol. The summed E-state index contributed by atoms with van der Waals surface area (Å²) in [4.78, 5) is 13.5. The van der Waals surface area contributed by atoms with E-state index >= 15 is 0 Å². The maximum absolute atomic E-state index is 14.5. The second-order valence-corrected chi connectivity index (χ2v) is 14.6. The van der Waals surface area contributed by atoms with E-state index in [4.69, 9.17) is 9.16 Å². The van der Waals surface area contributed by atoms with Gasteiger partial charge < -0.3 is 14.5 Å². The summed E-state index contributed by atoms with van der Waals surface area (Å²) < 4.78 is 55.3. The SMILES string of the molecule is C/C=C/[C@@H](CO[Si](c1ccccc1)(c1ccccc1)C(C)(C)C)NC(=O)[C@@](OC)(c1ccccc1)C(F)(F)F. The quantitative estimate of drug-likeness (QED) is 0.257. The van der Waals surface area contributed by atoms with Gasteiger partial charge in [0.05, 0.1) is 12.6 Å². The fraction of sp³-hybridized carbons (Fsp3) is 0.323. The third kappa shape index (κ3) is 6.03. The Morgan fingerprint density at radius 3 is 1.72 bits per heavy atom. The van der Waals surface area contributed by atoms with Gasteiger partial charge in [-0.15, -0.1) is 0 Å². The van der Waals surface area contributed by atoms with Gasteiger partial charge in [-0.1, -0.05) is 124 Å². The fourth-order valence-electron chi connectivity index (χ4n) is 5.05. The lowest BCUT2D eigenvalue weighted by molar-refractivity contribution is -0.266. The molecule has 2 atom stereocenters. The zero-order valence-corrected chi connectivity index (χ0v) is 24.0. The topological polar surface area (TPSA) is 47.6 Å². The van der Waals surface area contributed by atoms with Gasteiger partial charge in [0.15, 0.2) is 0 Å². The van der Waals surface area contributed by atoms with Crippen LogP contribution in [0.3, 0.4) is 0 Å². The summed E-state index contributed by atoms with van der Waals surface area (Å²) >= 11 is 0. The molecule has 1 N–H and O–H groups in total. The van der Waals surface area contributed by atoms with Crippen molar-refractivity contribution in [2.75, 3.05) is 13.7 Å². The van der Waals surface area contributed by atoms with Crippen LogP contribution in [0, 0.1) is 0 Å². The van der Waals surface area contributed by atoms with Gasteiger partial charge in [-0.2, -0.15) is 13.2 Å². The van der Waals surface area contributed by atoms with Crippen molar-refractivity contribution in [1.82, 2.24) is 5.32 Å². The summed E-state index contributed by atoms with van der Waals surface area (Å²) in [5.41, 5.74) is -3.48. The maximum atomic E-state index is 14.5. The van der Waals surface area contributed by atoms with Crippen LogP contribution in [0.1, 0.15) is 33.3 Å². The van der Waals surface area contributed by atoms with Gasteiger partial charge in [0.25, 0.3) is 19.8 Å². The van der Waals surface area contributed by atoms with Crippen LogP contribution in [0.2, 0.25) is 5.04 Å². The number of allylic oxidation sites excluding steroid dienone is 1. The molecule has 8 heteroatoms. The Balaban J connectivity index is 2.03. The summed E-state index contributed by atoms with van der Waals surface area (Å²) in [6.45, 7) is 8.04. The number of methoxy groups -OCH3 is 1. The van der Waals surface area contributed by atoms with E-state index in [9.17, 15) is 18.0 Å². The molecule has 0 spiro atoms. The molecule has 0 saturated carbocycles. The molecule has 4 nitrogen and oxygen atoms in total. The predicted octanol–water partition coefficient (Wildman–Crippen LogP) is 5.73. The number of carbonyl (C=O) groups is 1. The number of nitrogens with one attached hydrogen (secondary N) is 1. The second kappa shape index (κ2) is 12.3. The average Bonchev–Trinajstić information content (AvgIpc) is 2.90. The summed E-state index contributed by atoms with van der Waals surface area (Å²) in [5.74, 6) is -1.31. The molecule has 208 valence electrons. The smallest absolute Gasteiger partial charge is 0.405 e. The summed E-state index contributed by atoms with van der Waals surface area (Å²) in [5, 5.41) is 4.28. The van der Waals surface area contributed by atoms with Crippen LogP contribution in [0.4, 0.5) is 13.2 Å². The number of halogens is 3. The Kier molecular flexibility index (Phi) is 9.59. The van der Waals surface area contributed by atoms with Crippen molar-refractivity contribution in [3.63, 3.8) is 0 Å². The summed E-state index contributed by atoms with van der Waals surface area (Å²) in [7, 11) is -2.09. The van der Waals surface area contributed by atoms with Crippen molar-refractivity contribution in [2.24, 2.45) is 0 Å².